The van der Waals surface area contributed by atoms with Gasteiger partial charge in [-0.1, -0.05) is 42.2 Å². The lowest BCUT2D eigenvalue weighted by Crippen LogP contribution is -2.27. The Kier molecular flexibility index (Phi) is 4.76. The Morgan fingerprint density at radius 2 is 2.11 bits per heavy atom. The molecule has 0 aromatic heterocycles. The number of hydrogen-bond acceptors (Lipinski definition) is 4. The molecule has 0 saturated carbocycles. The van der Waals surface area contributed by atoms with Gasteiger partial charge in [-0.15, -0.1) is 0 Å². The SMILES string of the molecule is CCN1C(=O)C(=CC=CNc2ccccc2)SC1=S. The van der Waals surface area contributed by atoms with Crippen LogP contribution in [0.5, 0.6) is 0 Å². The third-order valence-electron chi connectivity index (χ3n) is 2.56. The maximum absolute atomic E-state index is 11.9. The summed E-state index contributed by atoms with van der Waals surface area (Å²) in [4.78, 5) is 14.2. The highest BCUT2D eigenvalue weighted by Gasteiger charge is 2.29. The quantitative estimate of drug-likeness (QED) is 0.680. The number of hydrogen-bond donors (Lipinski definition) is 1. The molecule has 0 bridgehead atoms. The standard InChI is InChI=1S/C14H14N2OS2/c1-2-16-13(17)12(19-14(16)18)9-6-10-15-11-7-4-3-5-8-11/h3-10,15H,2H2,1H3. The summed E-state index contributed by atoms with van der Waals surface area (Å²) in [6, 6.07) is 9.83. The van der Waals surface area contributed by atoms with Crippen LogP contribution >= 0.6 is 24.0 Å². The highest BCUT2D eigenvalue weighted by Crippen LogP contribution is 2.30. The number of benzene rings is 1. The molecule has 0 unspecified atom stereocenters. The van der Waals surface area contributed by atoms with Crippen LogP contribution in [0.25, 0.3) is 0 Å². The molecule has 1 aromatic carbocycles. The van der Waals surface area contributed by atoms with Crippen LogP contribution in [0.1, 0.15) is 6.92 Å². The van der Waals surface area contributed by atoms with Gasteiger partial charge in [-0.3, -0.25) is 9.69 Å². The van der Waals surface area contributed by atoms with Crippen LogP contribution < -0.4 is 5.32 Å². The highest BCUT2D eigenvalue weighted by atomic mass is 32.2. The van der Waals surface area contributed by atoms with E-state index < -0.39 is 0 Å². The average Bonchev–Trinajstić information content (AvgIpc) is 2.70. The van der Waals surface area contributed by atoms with Crippen molar-refractivity contribution >= 4 is 39.9 Å². The first-order valence-electron chi connectivity index (χ1n) is 5.94. The van der Waals surface area contributed by atoms with Crippen LogP contribution in [0.3, 0.4) is 0 Å². The molecule has 0 spiro atoms. The highest BCUT2D eigenvalue weighted by molar-refractivity contribution is 8.26. The number of carbonyl (C=O) groups is 1. The summed E-state index contributed by atoms with van der Waals surface area (Å²) in [5, 5.41) is 3.13. The number of thioether (sulfide) groups is 1. The molecule has 1 aliphatic heterocycles. The smallest absolute Gasteiger partial charge is 0.266 e. The van der Waals surface area contributed by atoms with Gasteiger partial charge in [0.2, 0.25) is 0 Å². The number of thiocarbonyl (C=S) groups is 1. The van der Waals surface area contributed by atoms with Crippen LogP contribution in [0, 0.1) is 0 Å². The minimum atomic E-state index is -0.0122. The molecule has 5 heteroatoms. The number of allylic oxidation sites excluding steroid dienone is 2. The summed E-state index contributed by atoms with van der Waals surface area (Å²) in [6.07, 6.45) is 5.40. The molecule has 1 amide bonds. The summed E-state index contributed by atoms with van der Waals surface area (Å²) in [5.74, 6) is -0.0122. The first kappa shape index (κ1) is 13.8. The van der Waals surface area contributed by atoms with E-state index in [1.165, 1.54) is 11.8 Å². The van der Waals surface area contributed by atoms with Crippen LogP contribution in [0.2, 0.25) is 0 Å². The summed E-state index contributed by atoms with van der Waals surface area (Å²) in [5.41, 5.74) is 1.01. The van der Waals surface area contributed by atoms with Crippen molar-refractivity contribution < 1.29 is 4.79 Å². The van der Waals surface area contributed by atoms with Crippen LogP contribution in [-0.2, 0) is 4.79 Å². The minimum absolute atomic E-state index is 0.0122. The van der Waals surface area contributed by atoms with Gasteiger partial charge in [0.15, 0.2) is 0 Å². The molecule has 1 aromatic rings. The Labute approximate surface area is 122 Å². The van der Waals surface area contributed by atoms with Gasteiger partial charge in [0.25, 0.3) is 5.91 Å². The fourth-order valence-electron chi connectivity index (χ4n) is 1.60. The third kappa shape index (κ3) is 3.45. The third-order valence-corrected chi connectivity index (χ3v) is 3.95. The number of anilines is 1. The molecule has 19 heavy (non-hydrogen) atoms. The maximum Gasteiger partial charge on any atom is 0.266 e. The van der Waals surface area contributed by atoms with Gasteiger partial charge < -0.3 is 5.32 Å². The second kappa shape index (κ2) is 6.54. The Morgan fingerprint density at radius 1 is 1.37 bits per heavy atom. The Balaban J connectivity index is 1.96. The second-order valence-corrected chi connectivity index (χ2v) is 5.49. The number of carbonyl (C=O) groups excluding carboxylic acids is 1. The average molecular weight is 290 g/mol. The van der Waals surface area contributed by atoms with Gasteiger partial charge in [-0.05, 0) is 31.2 Å². The van der Waals surface area contributed by atoms with Crippen molar-refractivity contribution in [3.8, 4) is 0 Å². The lowest BCUT2D eigenvalue weighted by molar-refractivity contribution is -0.122. The summed E-state index contributed by atoms with van der Waals surface area (Å²) < 4.78 is 0.628. The van der Waals surface area contributed by atoms with E-state index in [1.54, 1.807) is 17.2 Å². The van der Waals surface area contributed by atoms with E-state index in [0.29, 0.717) is 15.8 Å². The van der Waals surface area contributed by atoms with Gasteiger partial charge in [-0.25, -0.2) is 0 Å². The van der Waals surface area contributed by atoms with E-state index in [0.717, 1.165) is 5.69 Å². The number of amides is 1. The first-order valence-corrected chi connectivity index (χ1v) is 7.17. The number of para-hydroxylation sites is 1. The molecule has 1 N–H and O–H groups in total. The molecular formula is C14H14N2OS2. The predicted octanol–water partition coefficient (Wildman–Crippen LogP) is 3.38. The van der Waals surface area contributed by atoms with Crippen molar-refractivity contribution in [2.45, 2.75) is 6.92 Å². The predicted molar refractivity (Wildman–Crippen MR) is 84.9 cm³/mol. The zero-order chi connectivity index (χ0) is 13.7. The molecule has 1 aliphatic rings. The largest absolute Gasteiger partial charge is 0.362 e. The molecule has 0 atom stereocenters. The zero-order valence-corrected chi connectivity index (χ0v) is 12.1. The van der Waals surface area contributed by atoms with Gasteiger partial charge in [0, 0.05) is 18.4 Å². The van der Waals surface area contributed by atoms with Crippen molar-refractivity contribution in [1.82, 2.24) is 4.90 Å². The molecule has 1 saturated heterocycles. The van der Waals surface area contributed by atoms with E-state index in [-0.39, 0.29) is 5.91 Å². The normalized spacial score (nSPS) is 17.7. The van der Waals surface area contributed by atoms with E-state index in [2.05, 4.69) is 5.32 Å². The van der Waals surface area contributed by atoms with Crippen molar-refractivity contribution in [3.63, 3.8) is 0 Å². The topological polar surface area (TPSA) is 32.3 Å². The summed E-state index contributed by atoms with van der Waals surface area (Å²) in [7, 11) is 0. The number of nitrogens with one attached hydrogen (secondary N) is 1. The zero-order valence-electron chi connectivity index (χ0n) is 10.5. The number of nitrogens with zero attached hydrogens (tertiary/aromatic N) is 1. The lowest BCUT2D eigenvalue weighted by atomic mass is 10.3. The van der Waals surface area contributed by atoms with Gasteiger partial charge in [0.05, 0.1) is 4.91 Å². The van der Waals surface area contributed by atoms with Crippen LogP contribution in [0.4, 0.5) is 5.69 Å². The van der Waals surface area contributed by atoms with Crippen LogP contribution in [-0.4, -0.2) is 21.7 Å². The fraction of sp³-hybridized carbons (Fsp3) is 0.143. The van der Waals surface area contributed by atoms with E-state index in [4.69, 9.17) is 12.2 Å². The molecule has 0 radical (unpaired) electrons. The monoisotopic (exact) mass is 290 g/mol. The van der Waals surface area contributed by atoms with Crippen molar-refractivity contribution in [1.29, 1.82) is 0 Å². The molecule has 2 rings (SSSR count). The Bertz CT molecular complexity index is 538. The van der Waals surface area contributed by atoms with E-state index in [9.17, 15) is 4.79 Å². The van der Waals surface area contributed by atoms with Crippen molar-refractivity contribution in [3.05, 3.63) is 53.6 Å². The van der Waals surface area contributed by atoms with E-state index in [1.807, 2.05) is 43.3 Å². The molecular weight excluding hydrogens is 276 g/mol. The van der Waals surface area contributed by atoms with Gasteiger partial charge >= 0.3 is 0 Å². The molecule has 98 valence electrons. The minimum Gasteiger partial charge on any atom is -0.362 e. The van der Waals surface area contributed by atoms with Gasteiger partial charge in [-0.2, -0.15) is 0 Å². The summed E-state index contributed by atoms with van der Waals surface area (Å²) >= 11 is 6.48. The summed E-state index contributed by atoms with van der Waals surface area (Å²) in [6.45, 7) is 2.54. The molecule has 1 fully saturated rings. The second-order valence-electron chi connectivity index (χ2n) is 3.82. The first-order chi connectivity index (χ1) is 9.22. The Hall–Kier alpha value is -1.59. The van der Waals surface area contributed by atoms with Crippen molar-refractivity contribution in [2.24, 2.45) is 0 Å². The van der Waals surface area contributed by atoms with Crippen LogP contribution in [0.15, 0.2) is 53.6 Å². The molecule has 1 heterocycles. The number of rotatable bonds is 4. The molecule has 3 nitrogen and oxygen atoms in total. The lowest BCUT2D eigenvalue weighted by Gasteiger charge is -2.09. The fourth-order valence-corrected chi connectivity index (χ4v) is 2.94. The number of likely N-dealkylation sites (N-methyl/N-ethyl adjacent to an activating group) is 1. The van der Waals surface area contributed by atoms with Crippen molar-refractivity contribution in [2.75, 3.05) is 11.9 Å². The Morgan fingerprint density at radius 3 is 2.74 bits per heavy atom. The van der Waals surface area contributed by atoms with E-state index >= 15 is 0 Å². The van der Waals surface area contributed by atoms with Gasteiger partial charge in [0.1, 0.15) is 4.32 Å². The molecule has 0 aliphatic carbocycles. The maximum atomic E-state index is 11.9.